The van der Waals surface area contributed by atoms with Crippen molar-refractivity contribution >= 4 is 23.0 Å². The fourth-order valence-corrected chi connectivity index (χ4v) is 3.54. The van der Waals surface area contributed by atoms with Crippen LogP contribution in [0.5, 0.6) is 17.2 Å². The van der Waals surface area contributed by atoms with Gasteiger partial charge in [0.1, 0.15) is 11.1 Å². The minimum Gasteiger partial charge on any atom is -0.493 e. The molecule has 5 nitrogen and oxygen atoms in total. The first-order valence-electron chi connectivity index (χ1n) is 8.54. The number of methoxy groups -OCH3 is 3. The number of nitrogens with zero attached hydrogens (tertiary/aromatic N) is 2. The van der Waals surface area contributed by atoms with Gasteiger partial charge in [0.05, 0.1) is 32.6 Å². The zero-order chi connectivity index (χ0) is 20.1. The maximum atomic E-state index is 9.67. The fraction of sp³-hybridized carbons (Fsp3) is 0.182. The predicted molar refractivity (Wildman–Crippen MR) is 112 cm³/mol. The standard InChI is InChI=1S/C22H20N2O3S/c1-14-5-7-16(8-6-14)18-13-28-22(24-18)17(12-23)9-15-10-19(25-2)21(27-4)20(11-15)26-3/h5-11,13H,1-4H3/b17-9+. The van der Waals surface area contributed by atoms with E-state index in [-0.39, 0.29) is 0 Å². The van der Waals surface area contributed by atoms with Crippen LogP contribution in [0.15, 0.2) is 41.8 Å². The van der Waals surface area contributed by atoms with Crippen LogP contribution in [-0.4, -0.2) is 26.3 Å². The van der Waals surface area contributed by atoms with Crippen LogP contribution in [0.2, 0.25) is 0 Å². The van der Waals surface area contributed by atoms with Crippen LogP contribution < -0.4 is 14.2 Å². The zero-order valence-corrected chi connectivity index (χ0v) is 17.0. The highest BCUT2D eigenvalue weighted by molar-refractivity contribution is 7.11. The summed E-state index contributed by atoms with van der Waals surface area (Å²) in [6, 6.07) is 14.0. The molecule has 0 N–H and O–H groups in total. The second kappa shape index (κ2) is 8.59. The lowest BCUT2D eigenvalue weighted by Gasteiger charge is -2.13. The highest BCUT2D eigenvalue weighted by Crippen LogP contribution is 2.39. The van der Waals surface area contributed by atoms with E-state index in [9.17, 15) is 5.26 Å². The molecule has 0 aliphatic carbocycles. The quantitative estimate of drug-likeness (QED) is 0.539. The summed E-state index contributed by atoms with van der Waals surface area (Å²) in [6.07, 6.45) is 1.77. The normalized spacial score (nSPS) is 11.0. The van der Waals surface area contributed by atoms with Gasteiger partial charge < -0.3 is 14.2 Å². The Balaban J connectivity index is 1.99. The smallest absolute Gasteiger partial charge is 0.203 e. The van der Waals surface area contributed by atoms with Gasteiger partial charge in [0.15, 0.2) is 11.5 Å². The molecule has 1 heterocycles. The Hall–Kier alpha value is -3.30. The molecule has 0 atom stereocenters. The maximum Gasteiger partial charge on any atom is 0.203 e. The van der Waals surface area contributed by atoms with Crippen molar-refractivity contribution in [1.29, 1.82) is 5.26 Å². The number of hydrogen-bond donors (Lipinski definition) is 0. The van der Waals surface area contributed by atoms with Crippen LogP contribution in [0.1, 0.15) is 16.1 Å². The highest BCUT2D eigenvalue weighted by atomic mass is 32.1. The molecule has 0 unspecified atom stereocenters. The van der Waals surface area contributed by atoms with Crippen LogP contribution in [-0.2, 0) is 0 Å². The molecule has 0 spiro atoms. The molecule has 1 aromatic heterocycles. The largest absolute Gasteiger partial charge is 0.493 e. The lowest BCUT2D eigenvalue weighted by atomic mass is 10.1. The van der Waals surface area contributed by atoms with Gasteiger partial charge in [-0.2, -0.15) is 5.26 Å². The van der Waals surface area contributed by atoms with Gasteiger partial charge in [0, 0.05) is 10.9 Å². The third-order valence-corrected chi connectivity index (χ3v) is 5.08. The first-order chi connectivity index (χ1) is 13.6. The molecule has 6 heteroatoms. The lowest BCUT2D eigenvalue weighted by Crippen LogP contribution is -1.95. The second-order valence-corrected chi connectivity index (χ2v) is 6.89. The summed E-state index contributed by atoms with van der Waals surface area (Å²) in [5.74, 6) is 1.58. The Morgan fingerprint density at radius 3 is 2.21 bits per heavy atom. The van der Waals surface area contributed by atoms with E-state index in [0.717, 1.165) is 16.8 Å². The molecule has 142 valence electrons. The molecule has 0 aliphatic heterocycles. The van der Waals surface area contributed by atoms with Gasteiger partial charge in [0.2, 0.25) is 5.75 Å². The van der Waals surface area contributed by atoms with Gasteiger partial charge >= 0.3 is 0 Å². The fourth-order valence-electron chi connectivity index (χ4n) is 2.75. The van der Waals surface area contributed by atoms with Crippen LogP contribution in [0.3, 0.4) is 0 Å². The van der Waals surface area contributed by atoms with Gasteiger partial charge in [-0.25, -0.2) is 4.98 Å². The van der Waals surface area contributed by atoms with E-state index in [0.29, 0.717) is 27.8 Å². The van der Waals surface area contributed by atoms with E-state index >= 15 is 0 Å². The topological polar surface area (TPSA) is 64.4 Å². The monoisotopic (exact) mass is 392 g/mol. The van der Waals surface area contributed by atoms with Crippen LogP contribution in [0, 0.1) is 18.3 Å². The SMILES string of the molecule is COc1cc(/C=C(\C#N)c2nc(-c3ccc(C)cc3)cs2)cc(OC)c1OC. The molecule has 3 aromatic rings. The number of hydrogen-bond acceptors (Lipinski definition) is 6. The summed E-state index contributed by atoms with van der Waals surface area (Å²) in [4.78, 5) is 4.64. The minimum atomic E-state index is 0.470. The summed E-state index contributed by atoms with van der Waals surface area (Å²) in [5.41, 5.74) is 4.30. The molecule has 0 radical (unpaired) electrons. The zero-order valence-electron chi connectivity index (χ0n) is 16.1. The van der Waals surface area contributed by atoms with Crippen molar-refractivity contribution in [1.82, 2.24) is 4.98 Å². The Kier molecular flexibility index (Phi) is 5.97. The van der Waals surface area contributed by atoms with E-state index in [1.807, 2.05) is 36.6 Å². The van der Waals surface area contributed by atoms with Crippen LogP contribution >= 0.6 is 11.3 Å². The van der Waals surface area contributed by atoms with Gasteiger partial charge in [-0.3, -0.25) is 0 Å². The first-order valence-corrected chi connectivity index (χ1v) is 9.42. The van der Waals surface area contributed by atoms with Crippen molar-refractivity contribution in [3.05, 3.63) is 57.9 Å². The predicted octanol–water partition coefficient (Wildman–Crippen LogP) is 5.21. The molecule has 2 aromatic carbocycles. The number of benzene rings is 2. The number of rotatable bonds is 6. The molecule has 0 aliphatic rings. The number of aromatic nitrogens is 1. The van der Waals surface area contributed by atoms with Crippen molar-refractivity contribution in [2.45, 2.75) is 6.92 Å². The first kappa shape index (κ1) is 19.5. The van der Waals surface area contributed by atoms with Gasteiger partial charge in [0.25, 0.3) is 0 Å². The van der Waals surface area contributed by atoms with E-state index in [2.05, 4.69) is 11.1 Å². The molecular weight excluding hydrogens is 372 g/mol. The summed E-state index contributed by atoms with van der Waals surface area (Å²) < 4.78 is 16.1. The van der Waals surface area contributed by atoms with Crippen molar-refractivity contribution in [3.8, 4) is 34.6 Å². The number of aryl methyl sites for hydroxylation is 1. The maximum absolute atomic E-state index is 9.67. The average Bonchev–Trinajstić information content (AvgIpc) is 3.21. The molecular formula is C22H20N2O3S. The Labute approximate surface area is 168 Å². The molecule has 0 saturated carbocycles. The van der Waals surface area contributed by atoms with Gasteiger partial charge in [-0.1, -0.05) is 29.8 Å². The van der Waals surface area contributed by atoms with Gasteiger partial charge in [-0.05, 0) is 30.7 Å². The van der Waals surface area contributed by atoms with Crippen molar-refractivity contribution in [2.75, 3.05) is 21.3 Å². The number of ether oxygens (including phenoxy) is 3. The third kappa shape index (κ3) is 4.00. The van der Waals surface area contributed by atoms with E-state index < -0.39 is 0 Å². The van der Waals surface area contributed by atoms with E-state index in [1.165, 1.54) is 16.9 Å². The van der Waals surface area contributed by atoms with Crippen molar-refractivity contribution in [3.63, 3.8) is 0 Å². The molecule has 0 amide bonds. The Bertz CT molecular complexity index is 1020. The molecule has 0 saturated heterocycles. The van der Waals surface area contributed by atoms with Gasteiger partial charge in [-0.15, -0.1) is 11.3 Å². The summed E-state index contributed by atoms with van der Waals surface area (Å²) in [7, 11) is 4.67. The van der Waals surface area contributed by atoms with E-state index in [4.69, 9.17) is 14.2 Å². The highest BCUT2D eigenvalue weighted by Gasteiger charge is 2.14. The molecule has 0 bridgehead atoms. The van der Waals surface area contributed by atoms with Crippen molar-refractivity contribution < 1.29 is 14.2 Å². The summed E-state index contributed by atoms with van der Waals surface area (Å²) >= 11 is 1.44. The van der Waals surface area contributed by atoms with Crippen LogP contribution in [0.4, 0.5) is 0 Å². The summed E-state index contributed by atoms with van der Waals surface area (Å²) in [6.45, 7) is 2.05. The van der Waals surface area contributed by atoms with Crippen molar-refractivity contribution in [2.24, 2.45) is 0 Å². The Morgan fingerprint density at radius 2 is 1.68 bits per heavy atom. The third-order valence-electron chi connectivity index (χ3n) is 4.20. The minimum absolute atomic E-state index is 0.470. The van der Waals surface area contributed by atoms with E-state index in [1.54, 1.807) is 39.5 Å². The average molecular weight is 392 g/mol. The number of nitriles is 1. The molecule has 28 heavy (non-hydrogen) atoms. The summed E-state index contributed by atoms with van der Waals surface area (Å²) in [5, 5.41) is 12.3. The Morgan fingerprint density at radius 1 is 1.04 bits per heavy atom. The molecule has 3 rings (SSSR count). The van der Waals surface area contributed by atoms with Crippen LogP contribution in [0.25, 0.3) is 22.9 Å². The second-order valence-electron chi connectivity index (χ2n) is 6.03. The number of allylic oxidation sites excluding steroid dienone is 1. The molecule has 0 fully saturated rings. The lowest BCUT2D eigenvalue weighted by molar-refractivity contribution is 0.324. The number of thiazole rings is 1.